The lowest BCUT2D eigenvalue weighted by molar-refractivity contribution is 0.0963. The van der Waals surface area contributed by atoms with Crippen LogP contribution in [0.15, 0.2) is 85.2 Å². The fourth-order valence-corrected chi connectivity index (χ4v) is 4.87. The summed E-state index contributed by atoms with van der Waals surface area (Å²) in [6, 6.07) is 19.4. The minimum atomic E-state index is -0.631. The Morgan fingerprint density at radius 3 is 2.54 bits per heavy atom. The number of amides is 1. The first-order valence-corrected chi connectivity index (χ1v) is 12.7. The monoisotopic (exact) mass is 526 g/mol. The summed E-state index contributed by atoms with van der Waals surface area (Å²) in [6.45, 7) is 0.552. The number of nitrogens with zero attached hydrogens (tertiary/aromatic N) is 1. The number of fused-ring (bicyclic) bond motifs is 1. The lowest BCUT2D eigenvalue weighted by atomic mass is 9.94. The van der Waals surface area contributed by atoms with Gasteiger partial charge in [0.15, 0.2) is 0 Å². The summed E-state index contributed by atoms with van der Waals surface area (Å²) < 4.78 is 28.1. The largest absolute Gasteiger partial charge is 0.508 e. The summed E-state index contributed by atoms with van der Waals surface area (Å²) in [7, 11) is 1.58. The van der Waals surface area contributed by atoms with Crippen molar-refractivity contribution in [2.75, 3.05) is 13.6 Å². The summed E-state index contributed by atoms with van der Waals surface area (Å²) in [5, 5.41) is 17.0. The molecule has 0 saturated carbocycles. The number of aromatic amines is 1. The number of carbonyl (C=O) groups is 1. The Morgan fingerprint density at radius 1 is 1.03 bits per heavy atom. The zero-order chi connectivity index (χ0) is 27.4. The molecule has 4 N–H and O–H groups in total. The fraction of sp³-hybridized carbons (Fsp3) is 0.161. The van der Waals surface area contributed by atoms with Crippen LogP contribution >= 0.6 is 0 Å². The van der Waals surface area contributed by atoms with Crippen LogP contribution in [-0.2, 0) is 12.8 Å². The lowest BCUT2D eigenvalue weighted by Crippen LogP contribution is -2.27. The summed E-state index contributed by atoms with van der Waals surface area (Å²) in [5.41, 5.74) is 5.47. The number of pyridine rings is 1. The van der Waals surface area contributed by atoms with Crippen LogP contribution in [0.5, 0.6) is 5.75 Å². The number of phenolic OH excluding ortho intramolecular Hbond substituents is 1. The Labute approximate surface area is 224 Å². The van der Waals surface area contributed by atoms with Crippen LogP contribution in [0.3, 0.4) is 0 Å². The second kappa shape index (κ2) is 11.4. The summed E-state index contributed by atoms with van der Waals surface area (Å²) in [5.74, 6) is -1.24. The Hall–Kier alpha value is -4.56. The van der Waals surface area contributed by atoms with Crippen molar-refractivity contribution in [1.29, 1.82) is 0 Å². The van der Waals surface area contributed by atoms with E-state index in [9.17, 15) is 18.7 Å². The predicted octanol–water partition coefficient (Wildman–Crippen LogP) is 5.69. The van der Waals surface area contributed by atoms with E-state index in [0.29, 0.717) is 30.5 Å². The molecule has 2 heterocycles. The van der Waals surface area contributed by atoms with Gasteiger partial charge in [-0.3, -0.25) is 9.78 Å². The molecule has 0 aliphatic carbocycles. The molecule has 198 valence electrons. The van der Waals surface area contributed by atoms with Gasteiger partial charge < -0.3 is 20.7 Å². The third-order valence-electron chi connectivity index (χ3n) is 6.75. The average Bonchev–Trinajstić information content (AvgIpc) is 3.33. The molecule has 1 amide bonds. The van der Waals surface area contributed by atoms with Gasteiger partial charge in [0.2, 0.25) is 0 Å². The maximum Gasteiger partial charge on any atom is 0.251 e. The first kappa shape index (κ1) is 26.1. The minimum absolute atomic E-state index is 0.175. The normalized spacial score (nSPS) is 12.0. The highest BCUT2D eigenvalue weighted by molar-refractivity contribution is 5.94. The number of hydrogen-bond acceptors (Lipinski definition) is 4. The van der Waals surface area contributed by atoms with E-state index < -0.39 is 11.6 Å². The third kappa shape index (κ3) is 5.97. The molecule has 6 nitrogen and oxygen atoms in total. The van der Waals surface area contributed by atoms with Crippen molar-refractivity contribution >= 4 is 16.8 Å². The van der Waals surface area contributed by atoms with E-state index in [2.05, 4.69) is 20.6 Å². The topological polar surface area (TPSA) is 90.0 Å². The molecule has 0 fully saturated rings. The molecule has 0 radical (unpaired) electrons. The second-order valence-corrected chi connectivity index (χ2v) is 9.38. The second-order valence-electron chi connectivity index (χ2n) is 9.38. The standard InChI is InChI=1S/C31H28F2N4O2/c1-34-31(39)21-6-4-20(5-7-21)26-3-2-11-36-30(26)29(15-19-13-23(32)16-24(33)14-19)35-12-10-22-18-37-28-9-8-25(38)17-27(22)28/h2-9,11,13-14,16-18,29,35,37-38H,10,12,15H2,1H3,(H,34,39). The number of benzene rings is 3. The van der Waals surface area contributed by atoms with Gasteiger partial charge in [0.1, 0.15) is 17.4 Å². The minimum Gasteiger partial charge on any atom is -0.508 e. The van der Waals surface area contributed by atoms with Crippen molar-refractivity contribution in [2.24, 2.45) is 0 Å². The molecule has 1 unspecified atom stereocenters. The van der Waals surface area contributed by atoms with Gasteiger partial charge in [-0.05, 0) is 84.6 Å². The van der Waals surface area contributed by atoms with Crippen LogP contribution < -0.4 is 10.6 Å². The van der Waals surface area contributed by atoms with E-state index >= 15 is 0 Å². The molecule has 8 heteroatoms. The molecule has 5 rings (SSSR count). The number of phenols is 1. The summed E-state index contributed by atoms with van der Waals surface area (Å²) in [4.78, 5) is 19.9. The summed E-state index contributed by atoms with van der Waals surface area (Å²) in [6.07, 6.45) is 4.58. The van der Waals surface area contributed by atoms with Crippen molar-refractivity contribution in [3.63, 3.8) is 0 Å². The van der Waals surface area contributed by atoms with Crippen molar-refractivity contribution in [3.05, 3.63) is 119 Å². The van der Waals surface area contributed by atoms with E-state index in [1.54, 1.807) is 37.5 Å². The Morgan fingerprint density at radius 2 is 1.79 bits per heavy atom. The van der Waals surface area contributed by atoms with Gasteiger partial charge in [-0.1, -0.05) is 18.2 Å². The van der Waals surface area contributed by atoms with Gasteiger partial charge in [-0.2, -0.15) is 0 Å². The molecular weight excluding hydrogens is 498 g/mol. The lowest BCUT2D eigenvalue weighted by Gasteiger charge is -2.22. The van der Waals surface area contributed by atoms with Crippen LogP contribution in [0.2, 0.25) is 0 Å². The zero-order valence-corrected chi connectivity index (χ0v) is 21.3. The highest BCUT2D eigenvalue weighted by atomic mass is 19.1. The van der Waals surface area contributed by atoms with Crippen molar-refractivity contribution in [2.45, 2.75) is 18.9 Å². The van der Waals surface area contributed by atoms with Crippen LogP contribution in [-0.4, -0.2) is 34.6 Å². The van der Waals surface area contributed by atoms with Gasteiger partial charge in [0.25, 0.3) is 5.91 Å². The van der Waals surface area contributed by atoms with Gasteiger partial charge >= 0.3 is 0 Å². The molecule has 0 aliphatic heterocycles. The highest BCUT2D eigenvalue weighted by Crippen LogP contribution is 2.30. The number of aromatic hydroxyl groups is 1. The average molecular weight is 527 g/mol. The highest BCUT2D eigenvalue weighted by Gasteiger charge is 2.20. The SMILES string of the molecule is CNC(=O)c1ccc(-c2cccnc2C(Cc2cc(F)cc(F)c2)NCCc2c[nH]c3ccc(O)cc23)cc1. The fourth-order valence-electron chi connectivity index (χ4n) is 4.87. The van der Waals surface area contributed by atoms with Crippen molar-refractivity contribution < 1.29 is 18.7 Å². The molecule has 5 aromatic rings. The maximum absolute atomic E-state index is 14.0. The van der Waals surface area contributed by atoms with Gasteiger partial charge in [0, 0.05) is 47.5 Å². The van der Waals surface area contributed by atoms with E-state index in [4.69, 9.17) is 0 Å². The van der Waals surface area contributed by atoms with Crippen LogP contribution in [0.4, 0.5) is 8.78 Å². The molecule has 0 spiro atoms. The van der Waals surface area contributed by atoms with Crippen LogP contribution in [0.25, 0.3) is 22.0 Å². The number of aromatic nitrogens is 2. The molecule has 39 heavy (non-hydrogen) atoms. The number of rotatable bonds is 9. The van der Waals surface area contributed by atoms with Gasteiger partial charge in [-0.15, -0.1) is 0 Å². The predicted molar refractivity (Wildman–Crippen MR) is 148 cm³/mol. The van der Waals surface area contributed by atoms with E-state index in [1.165, 1.54) is 12.1 Å². The number of halogens is 2. The third-order valence-corrected chi connectivity index (χ3v) is 6.75. The van der Waals surface area contributed by atoms with Gasteiger partial charge in [-0.25, -0.2) is 8.78 Å². The van der Waals surface area contributed by atoms with E-state index in [1.807, 2.05) is 36.5 Å². The molecular formula is C31H28F2N4O2. The first-order chi connectivity index (χ1) is 18.9. The van der Waals surface area contributed by atoms with Crippen molar-refractivity contribution in [1.82, 2.24) is 20.6 Å². The number of carbonyl (C=O) groups excluding carboxylic acids is 1. The number of nitrogens with one attached hydrogen (secondary N) is 3. The summed E-state index contributed by atoms with van der Waals surface area (Å²) >= 11 is 0. The molecule has 0 saturated heterocycles. The molecule has 0 aliphatic rings. The molecule has 2 aromatic heterocycles. The Balaban J connectivity index is 1.45. The quantitative estimate of drug-likeness (QED) is 0.199. The van der Waals surface area contributed by atoms with Crippen molar-refractivity contribution in [3.8, 4) is 16.9 Å². The molecule has 3 aromatic carbocycles. The maximum atomic E-state index is 14.0. The zero-order valence-electron chi connectivity index (χ0n) is 21.3. The van der Waals surface area contributed by atoms with E-state index in [0.717, 1.165) is 39.4 Å². The van der Waals surface area contributed by atoms with E-state index in [-0.39, 0.29) is 17.7 Å². The van der Waals surface area contributed by atoms with Crippen LogP contribution in [0.1, 0.15) is 33.2 Å². The molecule has 1 atom stereocenters. The Kier molecular flexibility index (Phi) is 7.65. The smallest absolute Gasteiger partial charge is 0.251 e. The molecule has 0 bridgehead atoms. The number of hydrogen-bond donors (Lipinski definition) is 4. The number of H-pyrrole nitrogens is 1. The van der Waals surface area contributed by atoms with Crippen LogP contribution in [0, 0.1) is 11.6 Å². The van der Waals surface area contributed by atoms with Gasteiger partial charge in [0.05, 0.1) is 11.7 Å². The Bertz CT molecular complexity index is 1600. The first-order valence-electron chi connectivity index (χ1n) is 12.7.